The maximum Gasteiger partial charge on any atom is 0.174 e. The van der Waals surface area contributed by atoms with Gasteiger partial charge in [-0.1, -0.05) is 0 Å². The third-order valence-corrected chi connectivity index (χ3v) is 4.18. The number of pyridine rings is 1. The third kappa shape index (κ3) is 1.89. The van der Waals surface area contributed by atoms with Gasteiger partial charge in [0.15, 0.2) is 5.16 Å². The molecule has 0 radical (unpaired) electrons. The van der Waals surface area contributed by atoms with E-state index in [4.69, 9.17) is 0 Å². The average Bonchev–Trinajstić information content (AvgIpc) is 2.98. The van der Waals surface area contributed by atoms with Crippen LogP contribution in [0.1, 0.15) is 23.2 Å². The smallest absolute Gasteiger partial charge is 0.174 e. The summed E-state index contributed by atoms with van der Waals surface area (Å²) >= 11 is 1.46. The Morgan fingerprint density at radius 2 is 2.33 bits per heavy atom. The average molecular weight is 256 g/mol. The summed E-state index contributed by atoms with van der Waals surface area (Å²) in [5, 5.41) is 10.8. The molecule has 2 aromatic rings. The molecule has 2 aromatic heterocycles. The number of aromatic nitrogens is 3. The number of fused-ring (bicyclic) bond motifs is 1. The van der Waals surface area contributed by atoms with Crippen LogP contribution in [0.5, 0.6) is 0 Å². The maximum absolute atomic E-state index is 9.22. The molecule has 0 amide bonds. The van der Waals surface area contributed by atoms with Crippen molar-refractivity contribution in [1.82, 2.24) is 14.5 Å². The SMILES string of the molecule is Cn1ccnc1Sc1nc2c(cc1C#N)CCC2. The minimum Gasteiger partial charge on any atom is -0.329 e. The van der Waals surface area contributed by atoms with Crippen LogP contribution >= 0.6 is 11.8 Å². The lowest BCUT2D eigenvalue weighted by Gasteiger charge is -2.06. The molecule has 3 rings (SSSR count). The second-order valence-electron chi connectivity index (χ2n) is 4.34. The van der Waals surface area contributed by atoms with Gasteiger partial charge in [-0.25, -0.2) is 9.97 Å². The van der Waals surface area contributed by atoms with Gasteiger partial charge in [0, 0.05) is 25.1 Å². The molecule has 4 nitrogen and oxygen atoms in total. The molecule has 0 saturated carbocycles. The van der Waals surface area contributed by atoms with Gasteiger partial charge in [-0.2, -0.15) is 5.26 Å². The Bertz CT molecular complexity index is 639. The zero-order valence-corrected chi connectivity index (χ0v) is 10.9. The fraction of sp³-hybridized carbons (Fsp3) is 0.308. The molecule has 0 unspecified atom stereocenters. The van der Waals surface area contributed by atoms with E-state index in [0.717, 1.165) is 35.1 Å². The van der Waals surface area contributed by atoms with E-state index in [1.54, 1.807) is 6.20 Å². The molecule has 0 bridgehead atoms. The summed E-state index contributed by atoms with van der Waals surface area (Å²) in [5.41, 5.74) is 3.03. The van der Waals surface area contributed by atoms with Gasteiger partial charge >= 0.3 is 0 Å². The van der Waals surface area contributed by atoms with E-state index in [9.17, 15) is 5.26 Å². The van der Waals surface area contributed by atoms with Crippen LogP contribution in [0.3, 0.4) is 0 Å². The molecule has 18 heavy (non-hydrogen) atoms. The highest BCUT2D eigenvalue weighted by Gasteiger charge is 2.17. The number of nitrogens with zero attached hydrogens (tertiary/aromatic N) is 4. The normalized spacial score (nSPS) is 13.3. The van der Waals surface area contributed by atoms with Crippen LogP contribution in [-0.2, 0) is 19.9 Å². The summed E-state index contributed by atoms with van der Waals surface area (Å²) < 4.78 is 1.93. The second kappa shape index (κ2) is 4.46. The van der Waals surface area contributed by atoms with E-state index in [1.807, 2.05) is 23.9 Å². The van der Waals surface area contributed by atoms with Gasteiger partial charge < -0.3 is 4.57 Å². The van der Waals surface area contributed by atoms with Crippen LogP contribution in [0.25, 0.3) is 0 Å². The van der Waals surface area contributed by atoms with E-state index < -0.39 is 0 Å². The molecule has 5 heteroatoms. The lowest BCUT2D eigenvalue weighted by molar-refractivity contribution is 0.787. The molecule has 2 heterocycles. The Morgan fingerprint density at radius 1 is 1.44 bits per heavy atom. The second-order valence-corrected chi connectivity index (χ2v) is 5.29. The Labute approximate surface area is 110 Å². The number of hydrogen-bond donors (Lipinski definition) is 0. The van der Waals surface area contributed by atoms with E-state index >= 15 is 0 Å². The van der Waals surface area contributed by atoms with Crippen molar-refractivity contribution in [2.45, 2.75) is 29.4 Å². The van der Waals surface area contributed by atoms with Crippen molar-refractivity contribution < 1.29 is 0 Å². The van der Waals surface area contributed by atoms with E-state index in [0.29, 0.717) is 5.56 Å². The van der Waals surface area contributed by atoms with Gasteiger partial charge in [-0.05, 0) is 42.7 Å². The summed E-state index contributed by atoms with van der Waals surface area (Å²) in [6, 6.07) is 4.22. The predicted octanol–water partition coefficient (Wildman–Crippen LogP) is 2.33. The van der Waals surface area contributed by atoms with Crippen LogP contribution in [0.15, 0.2) is 28.6 Å². The van der Waals surface area contributed by atoms with Gasteiger partial charge in [0.05, 0.1) is 5.56 Å². The largest absolute Gasteiger partial charge is 0.329 e. The molecule has 1 aliphatic carbocycles. The molecular weight excluding hydrogens is 244 g/mol. The molecule has 0 saturated heterocycles. The van der Waals surface area contributed by atoms with Crippen molar-refractivity contribution >= 4 is 11.8 Å². The molecule has 0 fully saturated rings. The van der Waals surface area contributed by atoms with Crippen molar-refractivity contribution in [3.8, 4) is 6.07 Å². The fourth-order valence-electron chi connectivity index (χ4n) is 2.15. The summed E-state index contributed by atoms with van der Waals surface area (Å²) in [6.45, 7) is 0. The number of hydrogen-bond acceptors (Lipinski definition) is 4. The number of imidazole rings is 1. The summed E-state index contributed by atoms with van der Waals surface area (Å²) in [4.78, 5) is 8.88. The number of aryl methyl sites for hydroxylation is 3. The fourth-order valence-corrected chi connectivity index (χ4v) is 3.01. The summed E-state index contributed by atoms with van der Waals surface area (Å²) in [5.74, 6) is 0. The Balaban J connectivity index is 2.02. The van der Waals surface area contributed by atoms with E-state index in [2.05, 4.69) is 16.0 Å². The molecule has 0 spiro atoms. The van der Waals surface area contributed by atoms with Crippen molar-refractivity contribution in [1.29, 1.82) is 5.26 Å². The van der Waals surface area contributed by atoms with Crippen LogP contribution in [0.4, 0.5) is 0 Å². The quantitative estimate of drug-likeness (QED) is 0.827. The van der Waals surface area contributed by atoms with Crippen LogP contribution < -0.4 is 0 Å². The predicted molar refractivity (Wildman–Crippen MR) is 68.3 cm³/mol. The first-order chi connectivity index (χ1) is 8.78. The van der Waals surface area contributed by atoms with Crippen molar-refractivity contribution in [3.05, 3.63) is 35.3 Å². The molecular formula is C13H12N4S. The van der Waals surface area contributed by atoms with Crippen LogP contribution in [0.2, 0.25) is 0 Å². The standard InChI is InChI=1S/C13H12N4S/c1-17-6-5-15-13(17)18-12-10(8-14)7-9-3-2-4-11(9)16-12/h5-7H,2-4H2,1H3. The molecule has 90 valence electrons. The summed E-state index contributed by atoms with van der Waals surface area (Å²) in [7, 11) is 1.94. The number of nitriles is 1. The molecule has 0 N–H and O–H groups in total. The zero-order valence-electron chi connectivity index (χ0n) is 10.1. The molecule has 1 aliphatic rings. The zero-order chi connectivity index (χ0) is 12.5. The highest BCUT2D eigenvalue weighted by Crippen LogP contribution is 2.31. The van der Waals surface area contributed by atoms with Gasteiger partial charge in [0.2, 0.25) is 0 Å². The molecule has 0 aromatic carbocycles. The van der Waals surface area contributed by atoms with Gasteiger partial charge in [0.1, 0.15) is 11.1 Å². The minimum absolute atomic E-state index is 0.656. The number of rotatable bonds is 2. The highest BCUT2D eigenvalue weighted by atomic mass is 32.2. The Hall–Kier alpha value is -1.80. The van der Waals surface area contributed by atoms with Crippen molar-refractivity contribution in [2.75, 3.05) is 0 Å². The van der Waals surface area contributed by atoms with E-state index in [-0.39, 0.29) is 0 Å². The first-order valence-corrected chi connectivity index (χ1v) is 6.67. The lowest BCUT2D eigenvalue weighted by atomic mass is 10.2. The molecule has 0 atom stereocenters. The molecule has 0 aliphatic heterocycles. The topological polar surface area (TPSA) is 54.5 Å². The van der Waals surface area contributed by atoms with Crippen molar-refractivity contribution in [2.24, 2.45) is 7.05 Å². The van der Waals surface area contributed by atoms with Gasteiger partial charge in [-0.3, -0.25) is 0 Å². The van der Waals surface area contributed by atoms with Crippen LogP contribution in [0, 0.1) is 11.3 Å². The minimum atomic E-state index is 0.656. The van der Waals surface area contributed by atoms with E-state index in [1.165, 1.54) is 17.3 Å². The first kappa shape index (κ1) is 11.3. The highest BCUT2D eigenvalue weighted by molar-refractivity contribution is 7.99. The van der Waals surface area contributed by atoms with Gasteiger partial charge in [0.25, 0.3) is 0 Å². The monoisotopic (exact) mass is 256 g/mol. The van der Waals surface area contributed by atoms with Crippen LogP contribution in [-0.4, -0.2) is 14.5 Å². The Kier molecular flexibility index (Phi) is 2.80. The third-order valence-electron chi connectivity index (χ3n) is 3.10. The first-order valence-electron chi connectivity index (χ1n) is 5.86. The maximum atomic E-state index is 9.22. The Morgan fingerprint density at radius 3 is 3.06 bits per heavy atom. The lowest BCUT2D eigenvalue weighted by Crippen LogP contribution is -1.96. The van der Waals surface area contributed by atoms with Crippen molar-refractivity contribution in [3.63, 3.8) is 0 Å². The summed E-state index contributed by atoms with van der Waals surface area (Å²) in [6.07, 6.45) is 6.85. The van der Waals surface area contributed by atoms with Gasteiger partial charge in [-0.15, -0.1) is 0 Å².